The Balaban J connectivity index is 0.937. The molecular weight excluding hydrogens is 749 g/mol. The minimum Gasteiger partial charge on any atom is -0.336 e. The number of benzene rings is 3. The lowest BCUT2D eigenvalue weighted by atomic mass is 9.62. The molecule has 3 aromatic carbocycles. The average Bonchev–Trinajstić information content (AvgIpc) is 4.09. The van der Waals surface area contributed by atoms with Gasteiger partial charge >= 0.3 is 0 Å². The van der Waals surface area contributed by atoms with Crippen LogP contribution in [0.25, 0.3) is 17.0 Å². The highest BCUT2D eigenvalue weighted by atomic mass is 15.2. The molecular formula is C60H54N2. The molecule has 304 valence electrons. The van der Waals surface area contributed by atoms with E-state index < -0.39 is 0 Å². The van der Waals surface area contributed by atoms with Gasteiger partial charge in [-0.05, 0) is 138 Å². The van der Waals surface area contributed by atoms with Gasteiger partial charge in [0.2, 0.25) is 0 Å². The standard InChI is InChI=1S/C60H54N2/c1-4-17-40(18-5-1)41-31-34-46(35-32-41)61-55-29-15-12-25-51(55)59-47(26-16-30-56(59)61)42-33-36-50-52-38-44(39-58(52)62(57(50)37-42)45-21-8-3-9-22-45)60(43-19-6-2-7-20-43)53-27-13-10-23-48(53)49-24-11-14-28-54(49)60/h1-4,6-12,15-16,19-21,23-25,29-38,40,45,47,51,55H,5,13-14,17-18,22,26-28,39H2/t40-,45?,47+,51+,55?/m1/s1. The smallest absolute Gasteiger partial charge is 0.0626 e. The zero-order valence-electron chi connectivity index (χ0n) is 35.6. The van der Waals surface area contributed by atoms with E-state index in [1.807, 2.05) is 0 Å². The first-order chi connectivity index (χ1) is 30.8. The van der Waals surface area contributed by atoms with Crippen molar-refractivity contribution < 1.29 is 0 Å². The van der Waals surface area contributed by atoms with E-state index in [-0.39, 0.29) is 17.5 Å². The van der Waals surface area contributed by atoms with Crippen LogP contribution in [0.2, 0.25) is 0 Å². The molecule has 0 N–H and O–H groups in total. The topological polar surface area (TPSA) is 8.17 Å². The Morgan fingerprint density at radius 3 is 2.19 bits per heavy atom. The first kappa shape index (κ1) is 36.5. The zero-order chi connectivity index (χ0) is 40.8. The molecule has 5 atom stereocenters. The van der Waals surface area contributed by atoms with Crippen LogP contribution in [0.15, 0.2) is 209 Å². The van der Waals surface area contributed by atoms with Crippen molar-refractivity contribution in [3.63, 3.8) is 0 Å². The minimum atomic E-state index is -0.197. The average molecular weight is 803 g/mol. The van der Waals surface area contributed by atoms with Crippen molar-refractivity contribution in [3.05, 3.63) is 237 Å². The summed E-state index contributed by atoms with van der Waals surface area (Å²) in [6, 6.07) is 29.4. The largest absolute Gasteiger partial charge is 0.336 e. The second-order valence-electron chi connectivity index (χ2n) is 19.0. The number of nitrogens with zero attached hydrogens (tertiary/aromatic N) is 2. The summed E-state index contributed by atoms with van der Waals surface area (Å²) >= 11 is 0. The summed E-state index contributed by atoms with van der Waals surface area (Å²) in [5, 5.41) is 1.40. The fourth-order valence-electron chi connectivity index (χ4n) is 13.4. The van der Waals surface area contributed by atoms with Gasteiger partial charge in [0.25, 0.3) is 0 Å². The predicted octanol–water partition coefficient (Wildman–Crippen LogP) is 14.6. The van der Waals surface area contributed by atoms with Gasteiger partial charge in [0.1, 0.15) is 0 Å². The number of anilines is 1. The lowest BCUT2D eigenvalue weighted by molar-refractivity contribution is 0.587. The maximum atomic E-state index is 2.77. The van der Waals surface area contributed by atoms with Crippen molar-refractivity contribution in [1.82, 2.24) is 4.57 Å². The van der Waals surface area contributed by atoms with E-state index in [9.17, 15) is 0 Å². The van der Waals surface area contributed by atoms with E-state index in [2.05, 4.69) is 186 Å². The van der Waals surface area contributed by atoms with Crippen molar-refractivity contribution in [2.24, 2.45) is 5.92 Å². The number of hydrogen-bond acceptors (Lipinski definition) is 1. The van der Waals surface area contributed by atoms with Crippen LogP contribution in [-0.2, 0) is 11.8 Å². The third-order valence-corrected chi connectivity index (χ3v) is 16.0. The maximum Gasteiger partial charge on any atom is 0.0626 e. The van der Waals surface area contributed by atoms with Gasteiger partial charge in [0, 0.05) is 51.8 Å². The molecule has 0 radical (unpaired) electrons. The molecule has 0 fully saturated rings. The second kappa shape index (κ2) is 14.5. The van der Waals surface area contributed by atoms with E-state index in [1.165, 1.54) is 74.2 Å². The van der Waals surface area contributed by atoms with E-state index in [4.69, 9.17) is 0 Å². The van der Waals surface area contributed by atoms with E-state index in [1.54, 1.807) is 22.3 Å². The number of aromatic nitrogens is 1. The van der Waals surface area contributed by atoms with Crippen LogP contribution in [0, 0.1) is 5.92 Å². The Bertz CT molecular complexity index is 2880. The van der Waals surface area contributed by atoms with Crippen LogP contribution in [0.4, 0.5) is 5.69 Å². The van der Waals surface area contributed by atoms with Gasteiger partial charge in [0.15, 0.2) is 0 Å². The van der Waals surface area contributed by atoms with Crippen molar-refractivity contribution in [2.45, 2.75) is 93.5 Å². The summed E-state index contributed by atoms with van der Waals surface area (Å²) in [6.07, 6.45) is 51.8. The monoisotopic (exact) mass is 802 g/mol. The SMILES string of the molecule is C1=CCC(n2c3c(c4ccc([C@@H]5CC=CC6=C5[C@H]5C=CC=CC5N6c5ccc([C@@H]6CC=CCC6)cc5)cc42)C=C(C2(c4ccccc4)C4=C(C=CCC4)C4=C2CCC=C4)C3)C=C1. The van der Waals surface area contributed by atoms with E-state index in [0.29, 0.717) is 17.8 Å². The Labute approximate surface area is 367 Å². The molecule has 2 nitrogen and oxygen atoms in total. The zero-order valence-corrected chi connectivity index (χ0v) is 35.6. The Morgan fingerprint density at radius 2 is 1.42 bits per heavy atom. The summed E-state index contributed by atoms with van der Waals surface area (Å²) in [5.74, 6) is 1.30. The van der Waals surface area contributed by atoms with Crippen LogP contribution in [-0.4, -0.2) is 10.6 Å². The third-order valence-electron chi connectivity index (χ3n) is 16.0. The number of rotatable bonds is 6. The molecule has 0 bridgehead atoms. The van der Waals surface area contributed by atoms with Crippen LogP contribution in [0.1, 0.15) is 104 Å². The van der Waals surface area contributed by atoms with Crippen LogP contribution in [0.5, 0.6) is 0 Å². The number of hydrogen-bond donors (Lipinski definition) is 0. The van der Waals surface area contributed by atoms with Gasteiger partial charge in [-0.2, -0.15) is 0 Å². The molecule has 2 unspecified atom stereocenters. The van der Waals surface area contributed by atoms with Crippen molar-refractivity contribution >= 4 is 22.7 Å². The molecule has 1 aliphatic heterocycles. The summed E-state index contributed by atoms with van der Waals surface area (Å²) in [6.45, 7) is 0. The lowest BCUT2D eigenvalue weighted by Crippen LogP contribution is -2.33. The summed E-state index contributed by atoms with van der Waals surface area (Å²) in [5.41, 5.74) is 20.6. The molecule has 0 saturated heterocycles. The first-order valence-electron chi connectivity index (χ1n) is 23.6. The molecule has 0 saturated carbocycles. The van der Waals surface area contributed by atoms with Crippen LogP contribution >= 0.6 is 0 Å². The van der Waals surface area contributed by atoms with Crippen molar-refractivity contribution in [1.29, 1.82) is 0 Å². The van der Waals surface area contributed by atoms with Gasteiger partial charge in [-0.25, -0.2) is 0 Å². The highest BCUT2D eigenvalue weighted by Crippen LogP contribution is 2.61. The van der Waals surface area contributed by atoms with E-state index >= 15 is 0 Å². The van der Waals surface area contributed by atoms with Crippen LogP contribution < -0.4 is 4.90 Å². The number of allylic oxidation sites excluding steroid dienone is 19. The second-order valence-corrected chi connectivity index (χ2v) is 19.0. The highest BCUT2D eigenvalue weighted by Gasteiger charge is 2.51. The Kier molecular flexibility index (Phi) is 8.53. The summed E-state index contributed by atoms with van der Waals surface area (Å²) < 4.78 is 2.77. The van der Waals surface area contributed by atoms with E-state index in [0.717, 1.165) is 51.4 Å². The quantitative estimate of drug-likeness (QED) is 0.176. The molecule has 0 spiro atoms. The molecule has 9 aliphatic rings. The van der Waals surface area contributed by atoms with Gasteiger partial charge in [-0.15, -0.1) is 0 Å². The first-order valence-corrected chi connectivity index (χ1v) is 23.6. The molecule has 2 heteroatoms. The molecule has 62 heavy (non-hydrogen) atoms. The Hall–Kier alpha value is -6.12. The van der Waals surface area contributed by atoms with Crippen molar-refractivity contribution in [3.8, 4) is 0 Å². The fraction of sp³-hybridized carbons (Fsp3) is 0.267. The Morgan fingerprint density at radius 1 is 0.629 bits per heavy atom. The van der Waals surface area contributed by atoms with Gasteiger partial charge in [-0.3, -0.25) is 0 Å². The third kappa shape index (κ3) is 5.35. The van der Waals surface area contributed by atoms with Gasteiger partial charge in [-0.1, -0.05) is 152 Å². The molecule has 4 aromatic rings. The van der Waals surface area contributed by atoms with Gasteiger partial charge < -0.3 is 9.47 Å². The summed E-state index contributed by atoms with van der Waals surface area (Å²) in [4.78, 5) is 2.64. The number of fused-ring (bicyclic) bond motifs is 6. The van der Waals surface area contributed by atoms with Crippen LogP contribution in [0.3, 0.4) is 0 Å². The molecule has 2 heterocycles. The fourth-order valence-corrected chi connectivity index (χ4v) is 13.4. The molecule has 13 rings (SSSR count). The normalized spacial score (nSPS) is 27.3. The predicted molar refractivity (Wildman–Crippen MR) is 258 cm³/mol. The van der Waals surface area contributed by atoms with Crippen molar-refractivity contribution in [2.75, 3.05) is 4.90 Å². The van der Waals surface area contributed by atoms with Gasteiger partial charge in [0.05, 0.1) is 17.5 Å². The highest BCUT2D eigenvalue weighted by molar-refractivity contribution is 5.96. The summed E-state index contributed by atoms with van der Waals surface area (Å²) in [7, 11) is 0. The molecule has 0 amide bonds. The molecule has 1 aromatic heterocycles. The maximum absolute atomic E-state index is 2.77. The minimum absolute atomic E-state index is 0.197. The molecule has 8 aliphatic carbocycles. The lowest BCUT2D eigenvalue weighted by Gasteiger charge is -2.40.